The van der Waals surface area contributed by atoms with Gasteiger partial charge in [0.2, 0.25) is 0 Å². The van der Waals surface area contributed by atoms with Crippen LogP contribution in [0.5, 0.6) is 0 Å². The van der Waals surface area contributed by atoms with Crippen LogP contribution in [-0.4, -0.2) is 25.7 Å². The van der Waals surface area contributed by atoms with Crippen LogP contribution in [0.2, 0.25) is 0 Å². The molecule has 1 heterocycles. The van der Waals surface area contributed by atoms with Crippen molar-refractivity contribution in [2.75, 3.05) is 5.32 Å². The summed E-state index contributed by atoms with van der Waals surface area (Å²) in [6.07, 6.45) is 0. The highest BCUT2D eigenvalue weighted by Crippen LogP contribution is 2.27. The minimum atomic E-state index is -0.787. The summed E-state index contributed by atoms with van der Waals surface area (Å²) in [4.78, 5) is 42.4. The molecule has 152 valence electrons. The zero-order valence-electron chi connectivity index (χ0n) is 15.9. The molecule has 0 atom stereocenters. The molecule has 0 bridgehead atoms. The van der Waals surface area contributed by atoms with E-state index in [0.29, 0.717) is 10.8 Å². The van der Waals surface area contributed by atoms with E-state index in [9.17, 15) is 25.0 Å². The van der Waals surface area contributed by atoms with E-state index >= 15 is 0 Å². The van der Waals surface area contributed by atoms with Crippen molar-refractivity contribution in [2.45, 2.75) is 23.9 Å². The number of benzene rings is 2. The molecule has 0 aliphatic rings. The lowest BCUT2D eigenvalue weighted by Gasteiger charge is -2.07. The Bertz CT molecular complexity index is 1100. The Morgan fingerprint density at radius 1 is 0.900 bits per heavy atom. The first-order valence-electron chi connectivity index (χ1n) is 8.57. The zero-order valence-corrected chi connectivity index (χ0v) is 16.7. The Morgan fingerprint density at radius 3 is 1.93 bits per heavy atom. The van der Waals surface area contributed by atoms with Crippen molar-refractivity contribution in [3.63, 3.8) is 0 Å². The van der Waals surface area contributed by atoms with Gasteiger partial charge >= 0.3 is 0 Å². The quantitative estimate of drug-likeness (QED) is 0.350. The number of non-ortho nitro benzene ring substituents is 2. The molecule has 0 fully saturated rings. The number of aromatic nitrogens is 2. The number of nitrogens with zero attached hydrogens (tertiary/aromatic N) is 4. The monoisotopic (exact) mass is 425 g/mol. The van der Waals surface area contributed by atoms with Crippen molar-refractivity contribution in [3.05, 3.63) is 85.7 Å². The van der Waals surface area contributed by atoms with Gasteiger partial charge in [0.05, 0.1) is 21.5 Å². The molecule has 3 rings (SSSR count). The molecule has 10 nitrogen and oxygen atoms in total. The second kappa shape index (κ2) is 8.66. The molecule has 1 aromatic heterocycles. The molecule has 0 radical (unpaired) electrons. The number of nitro groups is 2. The minimum Gasteiger partial charge on any atom is -0.322 e. The number of hydrogen-bond acceptors (Lipinski definition) is 8. The van der Waals surface area contributed by atoms with Gasteiger partial charge in [0, 0.05) is 34.1 Å². The number of aryl methyl sites for hydroxylation is 2. The summed E-state index contributed by atoms with van der Waals surface area (Å²) < 4.78 is 0. The third kappa shape index (κ3) is 5.14. The maximum atomic E-state index is 12.4. The molecule has 2 aromatic carbocycles. The molecule has 1 N–H and O–H groups in total. The highest BCUT2D eigenvalue weighted by Gasteiger charge is 2.20. The summed E-state index contributed by atoms with van der Waals surface area (Å²) in [5, 5.41) is 25.1. The first kappa shape index (κ1) is 20.9. The van der Waals surface area contributed by atoms with Gasteiger partial charge in [0.1, 0.15) is 0 Å². The van der Waals surface area contributed by atoms with Gasteiger partial charge in [-0.15, -0.1) is 0 Å². The van der Waals surface area contributed by atoms with Crippen molar-refractivity contribution in [3.8, 4) is 0 Å². The summed E-state index contributed by atoms with van der Waals surface area (Å²) in [5.74, 6) is -0.695. The van der Waals surface area contributed by atoms with Gasteiger partial charge in [-0.3, -0.25) is 25.0 Å². The summed E-state index contributed by atoms with van der Waals surface area (Å²) >= 11 is 1.37. The average Bonchev–Trinajstić information content (AvgIpc) is 2.68. The maximum Gasteiger partial charge on any atom is 0.277 e. The third-order valence-electron chi connectivity index (χ3n) is 3.87. The van der Waals surface area contributed by atoms with Crippen molar-refractivity contribution < 1.29 is 14.6 Å². The Hall–Kier alpha value is -3.86. The predicted molar refractivity (Wildman–Crippen MR) is 110 cm³/mol. The lowest BCUT2D eigenvalue weighted by atomic mass is 10.1. The number of nitro benzene ring substituents is 2. The second-order valence-corrected chi connectivity index (χ2v) is 7.31. The molecule has 30 heavy (non-hydrogen) atoms. The molecule has 0 saturated heterocycles. The van der Waals surface area contributed by atoms with Crippen molar-refractivity contribution in [2.24, 2.45) is 0 Å². The Balaban J connectivity index is 1.76. The smallest absolute Gasteiger partial charge is 0.277 e. The fourth-order valence-electron chi connectivity index (χ4n) is 2.59. The number of amides is 1. The van der Waals surface area contributed by atoms with Crippen LogP contribution in [0.1, 0.15) is 21.7 Å². The molecule has 3 aromatic rings. The standard InChI is InChI=1S/C19H15N5O5S/c1-11-7-12(2)21-19(20-11)30-17-5-3-14(4-6-17)22-18(25)13-8-15(23(26)27)10-16(9-13)24(28)29/h3-10H,1-2H3,(H,22,25). The van der Waals surface area contributed by atoms with E-state index in [0.717, 1.165) is 34.5 Å². The molecular weight excluding hydrogens is 410 g/mol. The average molecular weight is 425 g/mol. The number of rotatable bonds is 6. The lowest BCUT2D eigenvalue weighted by molar-refractivity contribution is -0.394. The zero-order chi connectivity index (χ0) is 21.8. The topological polar surface area (TPSA) is 141 Å². The molecule has 1 amide bonds. The Kier molecular flexibility index (Phi) is 6.02. The van der Waals surface area contributed by atoms with E-state index in [-0.39, 0.29) is 5.56 Å². The fraction of sp³-hybridized carbons (Fsp3) is 0.105. The largest absolute Gasteiger partial charge is 0.322 e. The van der Waals surface area contributed by atoms with Gasteiger partial charge in [0.15, 0.2) is 5.16 Å². The van der Waals surface area contributed by atoms with Crippen LogP contribution >= 0.6 is 11.8 Å². The van der Waals surface area contributed by atoms with Crippen LogP contribution < -0.4 is 5.32 Å². The molecule has 0 aliphatic heterocycles. The van der Waals surface area contributed by atoms with Crippen LogP contribution in [0.3, 0.4) is 0 Å². The maximum absolute atomic E-state index is 12.4. The Morgan fingerprint density at radius 2 is 1.43 bits per heavy atom. The third-order valence-corrected chi connectivity index (χ3v) is 4.74. The van der Waals surface area contributed by atoms with Crippen molar-refractivity contribution in [1.29, 1.82) is 0 Å². The first-order chi connectivity index (χ1) is 14.2. The molecule has 0 saturated carbocycles. The minimum absolute atomic E-state index is 0.182. The van der Waals surface area contributed by atoms with Crippen LogP contribution in [0.25, 0.3) is 0 Å². The van der Waals surface area contributed by atoms with Crippen molar-refractivity contribution in [1.82, 2.24) is 9.97 Å². The Labute approximate surface area is 174 Å². The van der Waals surface area contributed by atoms with Gasteiger partial charge in [-0.05, 0) is 55.9 Å². The predicted octanol–water partition coefficient (Wildman–Crippen LogP) is 4.31. The van der Waals surface area contributed by atoms with Crippen LogP contribution in [0, 0.1) is 34.1 Å². The lowest BCUT2D eigenvalue weighted by Crippen LogP contribution is -2.12. The molecule has 0 spiro atoms. The molecule has 11 heteroatoms. The summed E-state index contributed by atoms with van der Waals surface area (Å²) in [5.41, 5.74) is 0.904. The number of carbonyl (C=O) groups excluding carboxylic acids is 1. The highest BCUT2D eigenvalue weighted by molar-refractivity contribution is 7.99. The van der Waals surface area contributed by atoms with Crippen LogP contribution in [0.4, 0.5) is 17.1 Å². The van der Waals surface area contributed by atoms with E-state index in [1.54, 1.807) is 24.3 Å². The summed E-state index contributed by atoms with van der Waals surface area (Å²) in [6.45, 7) is 3.77. The summed E-state index contributed by atoms with van der Waals surface area (Å²) in [6, 6.07) is 11.5. The van der Waals surface area contributed by atoms with Crippen molar-refractivity contribution >= 4 is 34.7 Å². The number of nitrogens with one attached hydrogen (secondary N) is 1. The molecule has 0 unspecified atom stereocenters. The van der Waals surface area contributed by atoms with E-state index in [2.05, 4.69) is 15.3 Å². The number of carbonyl (C=O) groups is 1. The van der Waals surface area contributed by atoms with E-state index in [4.69, 9.17) is 0 Å². The summed E-state index contributed by atoms with van der Waals surface area (Å²) in [7, 11) is 0. The molecular formula is C19H15N5O5S. The van der Waals surface area contributed by atoms with Gasteiger partial charge in [0.25, 0.3) is 17.3 Å². The van der Waals surface area contributed by atoms with Gasteiger partial charge in [-0.2, -0.15) is 0 Å². The van der Waals surface area contributed by atoms with E-state index in [1.807, 2.05) is 19.9 Å². The molecule has 0 aliphatic carbocycles. The van der Waals surface area contributed by atoms with E-state index in [1.165, 1.54) is 11.8 Å². The van der Waals surface area contributed by atoms with Gasteiger partial charge in [-0.1, -0.05) is 0 Å². The number of hydrogen-bond donors (Lipinski definition) is 1. The SMILES string of the molecule is Cc1cc(C)nc(Sc2ccc(NC(=O)c3cc([N+](=O)[O-])cc([N+](=O)[O-])c3)cc2)n1. The van der Waals surface area contributed by atoms with E-state index < -0.39 is 27.1 Å². The van der Waals surface area contributed by atoms with Crippen LogP contribution in [-0.2, 0) is 0 Å². The number of anilines is 1. The first-order valence-corrected chi connectivity index (χ1v) is 9.38. The van der Waals surface area contributed by atoms with Gasteiger partial charge < -0.3 is 5.32 Å². The van der Waals surface area contributed by atoms with Crippen LogP contribution in [0.15, 0.2) is 58.6 Å². The second-order valence-electron chi connectivity index (χ2n) is 6.27. The highest BCUT2D eigenvalue weighted by atomic mass is 32.2. The van der Waals surface area contributed by atoms with Gasteiger partial charge in [-0.25, -0.2) is 9.97 Å². The fourth-order valence-corrected chi connectivity index (χ4v) is 3.45. The normalized spacial score (nSPS) is 10.5.